The average molecular weight is 301 g/mol. The van der Waals surface area contributed by atoms with Gasteiger partial charge in [0.2, 0.25) is 5.88 Å². The Balaban J connectivity index is 1.96. The van der Waals surface area contributed by atoms with Crippen molar-refractivity contribution in [1.82, 2.24) is 9.38 Å². The second kappa shape index (κ2) is 6.19. The molecule has 3 nitrogen and oxygen atoms in total. The van der Waals surface area contributed by atoms with Gasteiger partial charge in [-0.05, 0) is 18.1 Å². The topological polar surface area (TPSA) is 26.5 Å². The Labute approximate surface area is 129 Å². The highest BCUT2D eigenvalue weighted by molar-refractivity contribution is 6.31. The largest absolute Gasteiger partial charge is 0.470 e. The molecule has 2 aromatic heterocycles. The van der Waals surface area contributed by atoms with Gasteiger partial charge in [-0.15, -0.1) is 0 Å². The number of fused-ring (bicyclic) bond motifs is 1. The maximum absolute atomic E-state index is 6.23. The number of nitrogens with zero attached hydrogens (tertiary/aromatic N) is 2. The molecule has 0 saturated heterocycles. The molecule has 3 rings (SSSR count). The Morgan fingerprint density at radius 1 is 1.24 bits per heavy atom. The van der Waals surface area contributed by atoms with Crippen LogP contribution in [-0.2, 0) is 0 Å². The van der Waals surface area contributed by atoms with Crippen LogP contribution in [0.15, 0.2) is 55.0 Å². The van der Waals surface area contributed by atoms with E-state index in [1.165, 1.54) is 5.56 Å². The van der Waals surface area contributed by atoms with Crippen molar-refractivity contribution in [3.05, 3.63) is 65.6 Å². The first-order valence-electron chi connectivity index (χ1n) is 7.11. The lowest BCUT2D eigenvalue weighted by atomic mass is 10.1. The number of ether oxygens (including phenoxy) is 1. The monoisotopic (exact) mass is 300 g/mol. The van der Waals surface area contributed by atoms with Crippen molar-refractivity contribution in [2.75, 3.05) is 0 Å². The lowest BCUT2D eigenvalue weighted by Crippen LogP contribution is -2.09. The highest BCUT2D eigenvalue weighted by Crippen LogP contribution is 2.28. The van der Waals surface area contributed by atoms with Gasteiger partial charge in [-0.2, -0.15) is 0 Å². The Morgan fingerprint density at radius 2 is 2.05 bits per heavy atom. The lowest BCUT2D eigenvalue weighted by Gasteiger charge is -2.20. The van der Waals surface area contributed by atoms with Gasteiger partial charge in [0.1, 0.15) is 12.4 Å². The minimum absolute atomic E-state index is 0.0141. The number of imidazole rings is 1. The number of hydrogen-bond donors (Lipinski definition) is 0. The SMILES string of the molecule is CCC[C@@H](Oc1cc(Cl)cc2cncn12)c1ccccc1. The van der Waals surface area contributed by atoms with Crippen LogP contribution in [0.2, 0.25) is 5.02 Å². The summed E-state index contributed by atoms with van der Waals surface area (Å²) in [5.74, 6) is 0.720. The van der Waals surface area contributed by atoms with E-state index in [0.29, 0.717) is 5.02 Å². The summed E-state index contributed by atoms with van der Waals surface area (Å²) in [6.07, 6.45) is 5.53. The normalized spacial score (nSPS) is 12.5. The van der Waals surface area contributed by atoms with Gasteiger partial charge in [-0.25, -0.2) is 4.98 Å². The molecule has 0 saturated carbocycles. The summed E-state index contributed by atoms with van der Waals surface area (Å²) in [5.41, 5.74) is 2.11. The molecule has 1 aromatic carbocycles. The zero-order valence-electron chi connectivity index (χ0n) is 11.9. The van der Waals surface area contributed by atoms with Crippen molar-refractivity contribution in [1.29, 1.82) is 0 Å². The molecular formula is C17H17ClN2O. The second-order valence-electron chi connectivity index (χ2n) is 5.01. The van der Waals surface area contributed by atoms with Gasteiger partial charge < -0.3 is 4.74 Å². The molecule has 1 atom stereocenters. The second-order valence-corrected chi connectivity index (χ2v) is 5.44. The Morgan fingerprint density at radius 3 is 2.81 bits per heavy atom. The standard InChI is InChI=1S/C17H17ClN2O/c1-2-6-16(13-7-4-3-5-8-13)21-17-10-14(18)9-15-11-19-12-20(15)17/h3-5,7-12,16H,2,6H2,1H3/t16-/m1/s1. The number of pyridine rings is 1. The number of halogens is 1. The molecule has 108 valence electrons. The number of aromatic nitrogens is 2. The predicted molar refractivity (Wildman–Crippen MR) is 84.9 cm³/mol. The highest BCUT2D eigenvalue weighted by atomic mass is 35.5. The van der Waals surface area contributed by atoms with Crippen LogP contribution < -0.4 is 4.74 Å². The number of hydrogen-bond acceptors (Lipinski definition) is 2. The van der Waals surface area contributed by atoms with Gasteiger partial charge in [0.25, 0.3) is 0 Å². The molecule has 0 aliphatic heterocycles. The highest BCUT2D eigenvalue weighted by Gasteiger charge is 2.14. The maximum Gasteiger partial charge on any atom is 0.201 e. The summed E-state index contributed by atoms with van der Waals surface area (Å²) >= 11 is 6.17. The fourth-order valence-corrected chi connectivity index (χ4v) is 2.63. The first-order chi connectivity index (χ1) is 10.3. The van der Waals surface area contributed by atoms with Crippen LogP contribution in [0.4, 0.5) is 0 Å². The molecule has 0 aliphatic rings. The van der Waals surface area contributed by atoms with E-state index in [1.807, 2.05) is 34.7 Å². The Kier molecular flexibility index (Phi) is 4.11. The van der Waals surface area contributed by atoms with Gasteiger partial charge >= 0.3 is 0 Å². The molecule has 0 unspecified atom stereocenters. The lowest BCUT2D eigenvalue weighted by molar-refractivity contribution is 0.183. The summed E-state index contributed by atoms with van der Waals surface area (Å²) < 4.78 is 8.15. The van der Waals surface area contributed by atoms with E-state index >= 15 is 0 Å². The molecule has 0 radical (unpaired) electrons. The summed E-state index contributed by atoms with van der Waals surface area (Å²) in [4.78, 5) is 4.15. The van der Waals surface area contributed by atoms with Crippen LogP contribution >= 0.6 is 11.6 Å². The smallest absolute Gasteiger partial charge is 0.201 e. The van der Waals surface area contributed by atoms with Gasteiger partial charge in [0.15, 0.2) is 0 Å². The van der Waals surface area contributed by atoms with Gasteiger partial charge in [-0.1, -0.05) is 55.3 Å². The fraction of sp³-hybridized carbons (Fsp3) is 0.235. The summed E-state index contributed by atoms with van der Waals surface area (Å²) in [5, 5.41) is 0.654. The first-order valence-corrected chi connectivity index (χ1v) is 7.49. The molecule has 4 heteroatoms. The molecule has 3 aromatic rings. The molecule has 0 fully saturated rings. The molecule has 0 spiro atoms. The third-order valence-corrected chi connectivity index (χ3v) is 3.66. The quantitative estimate of drug-likeness (QED) is 0.669. The fourth-order valence-electron chi connectivity index (χ4n) is 2.43. The predicted octanol–water partition coefficient (Wildman–Crippen LogP) is 4.91. The van der Waals surface area contributed by atoms with E-state index in [9.17, 15) is 0 Å². The van der Waals surface area contributed by atoms with Crippen molar-refractivity contribution < 1.29 is 4.74 Å². The van der Waals surface area contributed by atoms with Crippen molar-refractivity contribution >= 4 is 17.1 Å². The minimum Gasteiger partial charge on any atom is -0.470 e. The van der Waals surface area contributed by atoms with Gasteiger partial charge in [0, 0.05) is 11.1 Å². The van der Waals surface area contributed by atoms with E-state index in [2.05, 4.69) is 24.0 Å². The average Bonchev–Trinajstić information content (AvgIpc) is 2.96. The van der Waals surface area contributed by atoms with Crippen molar-refractivity contribution in [2.24, 2.45) is 0 Å². The van der Waals surface area contributed by atoms with E-state index < -0.39 is 0 Å². The summed E-state index contributed by atoms with van der Waals surface area (Å²) in [6.45, 7) is 2.16. The molecular weight excluding hydrogens is 284 g/mol. The summed E-state index contributed by atoms with van der Waals surface area (Å²) in [7, 11) is 0. The van der Waals surface area contributed by atoms with Crippen LogP contribution in [0, 0.1) is 0 Å². The van der Waals surface area contributed by atoms with Crippen LogP contribution in [0.5, 0.6) is 5.88 Å². The summed E-state index contributed by atoms with van der Waals surface area (Å²) in [6, 6.07) is 14.0. The third kappa shape index (κ3) is 3.03. The molecule has 0 N–H and O–H groups in total. The first kappa shape index (κ1) is 14.0. The third-order valence-electron chi connectivity index (χ3n) is 3.44. The van der Waals surface area contributed by atoms with Crippen LogP contribution in [0.3, 0.4) is 0 Å². The zero-order valence-corrected chi connectivity index (χ0v) is 12.6. The van der Waals surface area contributed by atoms with E-state index in [-0.39, 0.29) is 6.10 Å². The molecule has 2 heterocycles. The van der Waals surface area contributed by atoms with Crippen molar-refractivity contribution in [2.45, 2.75) is 25.9 Å². The molecule has 0 bridgehead atoms. The van der Waals surface area contributed by atoms with Crippen LogP contribution in [-0.4, -0.2) is 9.38 Å². The van der Waals surface area contributed by atoms with Crippen LogP contribution in [0.25, 0.3) is 5.52 Å². The van der Waals surface area contributed by atoms with Gasteiger partial charge in [-0.3, -0.25) is 4.40 Å². The van der Waals surface area contributed by atoms with Gasteiger partial charge in [0.05, 0.1) is 11.7 Å². The van der Waals surface area contributed by atoms with E-state index in [4.69, 9.17) is 16.3 Å². The van der Waals surface area contributed by atoms with Crippen LogP contribution in [0.1, 0.15) is 31.4 Å². The zero-order chi connectivity index (χ0) is 14.7. The Bertz CT molecular complexity index is 724. The Hall–Kier alpha value is -2.00. The number of rotatable bonds is 5. The molecule has 0 amide bonds. The molecule has 21 heavy (non-hydrogen) atoms. The molecule has 0 aliphatic carbocycles. The van der Waals surface area contributed by atoms with E-state index in [0.717, 1.165) is 24.2 Å². The number of benzene rings is 1. The maximum atomic E-state index is 6.23. The minimum atomic E-state index is 0.0141. The van der Waals surface area contributed by atoms with E-state index in [1.54, 1.807) is 12.5 Å². The van der Waals surface area contributed by atoms with Crippen molar-refractivity contribution in [3.63, 3.8) is 0 Å². The van der Waals surface area contributed by atoms with Crippen molar-refractivity contribution in [3.8, 4) is 5.88 Å².